The highest BCUT2D eigenvalue weighted by molar-refractivity contribution is 5.97. The van der Waals surface area contributed by atoms with Gasteiger partial charge in [-0.2, -0.15) is 0 Å². The predicted octanol–water partition coefficient (Wildman–Crippen LogP) is 3.57. The van der Waals surface area contributed by atoms with Crippen LogP contribution in [-0.4, -0.2) is 12.9 Å². The molecule has 0 saturated heterocycles. The average molecular weight is 258 g/mol. The number of rotatable bonds is 4. The summed E-state index contributed by atoms with van der Waals surface area (Å²) in [5.41, 5.74) is 1.79. The summed E-state index contributed by atoms with van der Waals surface area (Å²) in [5, 5.41) is 0. The molecular formula is C16H15FO2. The van der Waals surface area contributed by atoms with Gasteiger partial charge in [0.2, 0.25) is 0 Å². The van der Waals surface area contributed by atoms with E-state index in [9.17, 15) is 9.18 Å². The lowest BCUT2D eigenvalue weighted by molar-refractivity contribution is 0.0992. The van der Waals surface area contributed by atoms with Gasteiger partial charge in [0.25, 0.3) is 0 Å². The van der Waals surface area contributed by atoms with Crippen molar-refractivity contribution in [2.45, 2.75) is 13.3 Å². The topological polar surface area (TPSA) is 26.3 Å². The summed E-state index contributed by atoms with van der Waals surface area (Å²) in [6.45, 7) is 1.67. The van der Waals surface area contributed by atoms with E-state index < -0.39 is 0 Å². The van der Waals surface area contributed by atoms with Crippen molar-refractivity contribution in [3.8, 4) is 5.75 Å². The molecule has 0 fully saturated rings. The second-order valence-corrected chi connectivity index (χ2v) is 4.42. The van der Waals surface area contributed by atoms with Crippen molar-refractivity contribution < 1.29 is 13.9 Å². The minimum Gasteiger partial charge on any atom is -0.497 e. The van der Waals surface area contributed by atoms with Crippen LogP contribution in [0.5, 0.6) is 5.75 Å². The van der Waals surface area contributed by atoms with E-state index in [1.165, 1.54) is 6.07 Å². The van der Waals surface area contributed by atoms with Gasteiger partial charge in [0, 0.05) is 12.0 Å². The first-order valence-corrected chi connectivity index (χ1v) is 6.02. The zero-order chi connectivity index (χ0) is 13.8. The van der Waals surface area contributed by atoms with Gasteiger partial charge >= 0.3 is 0 Å². The normalized spacial score (nSPS) is 10.3. The van der Waals surface area contributed by atoms with Crippen LogP contribution in [0.3, 0.4) is 0 Å². The number of halogens is 1. The standard InChI is InChI=1S/C16H15FO2/c1-11-6-7-13(10-15(11)17)16(18)9-12-4-3-5-14(8-12)19-2/h3-8,10H,9H2,1-2H3. The third-order valence-corrected chi connectivity index (χ3v) is 2.99. The molecular weight excluding hydrogens is 243 g/mol. The number of carbonyl (C=O) groups is 1. The molecule has 0 radical (unpaired) electrons. The van der Waals surface area contributed by atoms with Gasteiger partial charge in [0.15, 0.2) is 5.78 Å². The summed E-state index contributed by atoms with van der Waals surface area (Å²) in [5.74, 6) is 0.254. The number of hydrogen-bond donors (Lipinski definition) is 0. The van der Waals surface area contributed by atoms with E-state index in [2.05, 4.69) is 0 Å². The first-order chi connectivity index (χ1) is 9.10. The molecule has 98 valence electrons. The number of hydrogen-bond acceptors (Lipinski definition) is 2. The largest absolute Gasteiger partial charge is 0.497 e. The second-order valence-electron chi connectivity index (χ2n) is 4.42. The Morgan fingerprint density at radius 2 is 2.00 bits per heavy atom. The number of Topliss-reactive ketones (excluding diaryl/α,β-unsaturated/α-hetero) is 1. The Labute approximate surface area is 111 Å². The maximum atomic E-state index is 13.4. The molecule has 0 unspecified atom stereocenters. The molecule has 2 aromatic carbocycles. The molecule has 0 atom stereocenters. The molecule has 19 heavy (non-hydrogen) atoms. The number of ketones is 1. The Morgan fingerprint density at radius 1 is 1.21 bits per heavy atom. The quantitative estimate of drug-likeness (QED) is 0.784. The van der Waals surface area contributed by atoms with Crippen molar-refractivity contribution in [1.29, 1.82) is 0 Å². The molecule has 2 rings (SSSR count). The third kappa shape index (κ3) is 3.19. The Kier molecular flexibility index (Phi) is 3.95. The molecule has 0 N–H and O–H groups in total. The van der Waals surface area contributed by atoms with E-state index >= 15 is 0 Å². The number of methoxy groups -OCH3 is 1. The van der Waals surface area contributed by atoms with Crippen LogP contribution in [0.25, 0.3) is 0 Å². The van der Waals surface area contributed by atoms with E-state index in [0.29, 0.717) is 16.9 Å². The Morgan fingerprint density at radius 3 is 2.68 bits per heavy atom. The van der Waals surface area contributed by atoms with Crippen molar-refractivity contribution in [2.75, 3.05) is 7.11 Å². The highest BCUT2D eigenvalue weighted by Gasteiger charge is 2.09. The summed E-state index contributed by atoms with van der Waals surface area (Å²) in [6.07, 6.45) is 0.236. The van der Waals surface area contributed by atoms with E-state index in [1.807, 2.05) is 24.3 Å². The third-order valence-electron chi connectivity index (χ3n) is 2.99. The molecule has 0 spiro atoms. The van der Waals surface area contributed by atoms with Crippen LogP contribution in [-0.2, 0) is 6.42 Å². The Balaban J connectivity index is 2.18. The van der Waals surface area contributed by atoms with E-state index in [1.54, 1.807) is 26.2 Å². The molecule has 0 aliphatic rings. The number of carbonyl (C=O) groups excluding carboxylic acids is 1. The van der Waals surface area contributed by atoms with Gasteiger partial charge in [-0.1, -0.05) is 24.3 Å². The zero-order valence-electron chi connectivity index (χ0n) is 10.9. The highest BCUT2D eigenvalue weighted by Crippen LogP contribution is 2.16. The maximum Gasteiger partial charge on any atom is 0.167 e. The van der Waals surface area contributed by atoms with E-state index in [-0.39, 0.29) is 18.0 Å². The monoisotopic (exact) mass is 258 g/mol. The summed E-state index contributed by atoms with van der Waals surface area (Å²) >= 11 is 0. The molecule has 0 saturated carbocycles. The van der Waals surface area contributed by atoms with E-state index in [0.717, 1.165) is 5.56 Å². The molecule has 0 heterocycles. The highest BCUT2D eigenvalue weighted by atomic mass is 19.1. The van der Waals surface area contributed by atoms with Crippen molar-refractivity contribution >= 4 is 5.78 Å². The van der Waals surface area contributed by atoms with Gasteiger partial charge in [-0.25, -0.2) is 4.39 Å². The van der Waals surface area contributed by atoms with Gasteiger partial charge in [-0.15, -0.1) is 0 Å². The van der Waals surface area contributed by atoms with Gasteiger partial charge in [-0.3, -0.25) is 4.79 Å². The van der Waals surface area contributed by atoms with Crippen LogP contribution in [0.4, 0.5) is 4.39 Å². The second kappa shape index (κ2) is 5.65. The molecule has 2 nitrogen and oxygen atoms in total. The molecule has 2 aromatic rings. The summed E-state index contributed by atoms with van der Waals surface area (Å²) in [7, 11) is 1.58. The fraction of sp³-hybridized carbons (Fsp3) is 0.188. The van der Waals surface area contributed by atoms with Crippen LogP contribution in [0.2, 0.25) is 0 Å². The van der Waals surface area contributed by atoms with Crippen molar-refractivity contribution in [3.05, 3.63) is 65.0 Å². The SMILES string of the molecule is COc1cccc(CC(=O)c2ccc(C)c(F)c2)c1. The zero-order valence-corrected chi connectivity index (χ0v) is 10.9. The van der Waals surface area contributed by atoms with Gasteiger partial charge in [-0.05, 0) is 36.2 Å². The van der Waals surface area contributed by atoms with Gasteiger partial charge < -0.3 is 4.74 Å². The fourth-order valence-electron chi connectivity index (χ4n) is 1.84. The van der Waals surface area contributed by atoms with Crippen LogP contribution in [0, 0.1) is 12.7 Å². The minimum absolute atomic E-state index is 0.104. The summed E-state index contributed by atoms with van der Waals surface area (Å²) in [6, 6.07) is 11.9. The Hall–Kier alpha value is -2.16. The van der Waals surface area contributed by atoms with Crippen LogP contribution >= 0.6 is 0 Å². The van der Waals surface area contributed by atoms with Crippen molar-refractivity contribution in [1.82, 2.24) is 0 Å². The molecule has 0 bridgehead atoms. The Bertz CT molecular complexity index is 605. The predicted molar refractivity (Wildman–Crippen MR) is 72.2 cm³/mol. The van der Waals surface area contributed by atoms with E-state index in [4.69, 9.17) is 4.74 Å². The number of benzene rings is 2. The maximum absolute atomic E-state index is 13.4. The number of aryl methyl sites for hydroxylation is 1. The lowest BCUT2D eigenvalue weighted by atomic mass is 10.0. The lowest BCUT2D eigenvalue weighted by Crippen LogP contribution is -2.04. The van der Waals surface area contributed by atoms with Crippen LogP contribution in [0.1, 0.15) is 21.5 Å². The van der Waals surface area contributed by atoms with Gasteiger partial charge in [0.05, 0.1) is 7.11 Å². The number of ether oxygens (including phenoxy) is 1. The fourth-order valence-corrected chi connectivity index (χ4v) is 1.84. The lowest BCUT2D eigenvalue weighted by Gasteiger charge is -2.05. The smallest absolute Gasteiger partial charge is 0.167 e. The molecule has 3 heteroatoms. The average Bonchev–Trinajstić information content (AvgIpc) is 2.42. The molecule has 0 aromatic heterocycles. The molecule has 0 aliphatic carbocycles. The van der Waals surface area contributed by atoms with Crippen LogP contribution in [0.15, 0.2) is 42.5 Å². The van der Waals surface area contributed by atoms with Gasteiger partial charge in [0.1, 0.15) is 11.6 Å². The van der Waals surface area contributed by atoms with Crippen molar-refractivity contribution in [2.24, 2.45) is 0 Å². The summed E-state index contributed by atoms with van der Waals surface area (Å²) < 4.78 is 18.5. The van der Waals surface area contributed by atoms with Crippen molar-refractivity contribution in [3.63, 3.8) is 0 Å². The minimum atomic E-state index is -0.350. The first kappa shape index (κ1) is 13.3. The van der Waals surface area contributed by atoms with Crippen LogP contribution < -0.4 is 4.74 Å². The molecule has 0 aliphatic heterocycles. The summed E-state index contributed by atoms with van der Waals surface area (Å²) in [4.78, 5) is 12.1. The first-order valence-electron chi connectivity index (χ1n) is 6.02. The molecule has 0 amide bonds.